The maximum atomic E-state index is 5.93. The zero-order chi connectivity index (χ0) is 16.7. The lowest BCUT2D eigenvalue weighted by molar-refractivity contribution is 0.393. The van der Waals surface area contributed by atoms with E-state index in [4.69, 9.17) is 15.2 Å². The summed E-state index contributed by atoms with van der Waals surface area (Å²) in [6, 6.07) is 14.8. The summed E-state index contributed by atoms with van der Waals surface area (Å²) in [5.74, 6) is 1.83. The van der Waals surface area contributed by atoms with E-state index < -0.39 is 0 Å². The molecule has 23 heavy (non-hydrogen) atoms. The van der Waals surface area contributed by atoms with Crippen LogP contribution in [0, 0.1) is 0 Å². The first-order chi connectivity index (χ1) is 11.1. The Morgan fingerprint density at radius 2 is 1.52 bits per heavy atom. The van der Waals surface area contributed by atoms with Crippen molar-refractivity contribution in [1.29, 1.82) is 0 Å². The molecule has 0 aliphatic rings. The molecule has 0 saturated heterocycles. The first kappa shape index (κ1) is 17.4. The molecule has 2 aromatic carbocycles. The molecule has 2 aromatic rings. The highest BCUT2D eigenvalue weighted by Crippen LogP contribution is 2.30. The molecule has 0 spiro atoms. The third-order valence-electron chi connectivity index (χ3n) is 3.98. The van der Waals surface area contributed by atoms with Crippen molar-refractivity contribution in [3.8, 4) is 11.5 Å². The molecule has 1 atom stereocenters. The fourth-order valence-electron chi connectivity index (χ4n) is 2.85. The molecule has 2 rings (SSSR count). The molecule has 0 radical (unpaired) electrons. The number of rotatable bonds is 8. The molecule has 0 fully saturated rings. The molecule has 3 heteroatoms. The van der Waals surface area contributed by atoms with Crippen molar-refractivity contribution in [1.82, 2.24) is 0 Å². The van der Waals surface area contributed by atoms with E-state index in [1.165, 1.54) is 11.1 Å². The molecule has 124 valence electrons. The predicted octanol–water partition coefficient (Wildman–Crippen LogP) is 3.77. The number of aryl methyl sites for hydroxylation is 2. The molecular formula is C20H27NO2. The lowest BCUT2D eigenvalue weighted by Crippen LogP contribution is -2.18. The van der Waals surface area contributed by atoms with Crippen molar-refractivity contribution in [2.75, 3.05) is 14.2 Å². The summed E-state index contributed by atoms with van der Waals surface area (Å²) in [6.07, 6.45) is 3.89. The van der Waals surface area contributed by atoms with Crippen LogP contribution in [0.4, 0.5) is 0 Å². The monoisotopic (exact) mass is 313 g/mol. The van der Waals surface area contributed by atoms with Gasteiger partial charge in [-0.2, -0.15) is 0 Å². The van der Waals surface area contributed by atoms with E-state index in [1.807, 2.05) is 6.92 Å². The summed E-state index contributed by atoms with van der Waals surface area (Å²) in [6.45, 7) is 2.00. The van der Waals surface area contributed by atoms with Crippen LogP contribution in [-0.2, 0) is 19.3 Å². The van der Waals surface area contributed by atoms with Crippen LogP contribution in [-0.4, -0.2) is 20.3 Å². The molecule has 3 nitrogen and oxygen atoms in total. The predicted molar refractivity (Wildman–Crippen MR) is 95.4 cm³/mol. The quantitative estimate of drug-likeness (QED) is 0.807. The van der Waals surface area contributed by atoms with Crippen LogP contribution in [0.3, 0.4) is 0 Å². The summed E-state index contributed by atoms with van der Waals surface area (Å²) >= 11 is 0. The third kappa shape index (κ3) is 5.00. The molecule has 0 unspecified atom stereocenters. The summed E-state index contributed by atoms with van der Waals surface area (Å²) in [5, 5.41) is 0. The highest BCUT2D eigenvalue weighted by molar-refractivity contribution is 5.47. The van der Waals surface area contributed by atoms with E-state index in [2.05, 4.69) is 42.5 Å². The molecule has 0 amide bonds. The van der Waals surface area contributed by atoms with Crippen molar-refractivity contribution in [2.24, 2.45) is 5.73 Å². The van der Waals surface area contributed by atoms with Crippen LogP contribution < -0.4 is 15.2 Å². The molecule has 2 N–H and O–H groups in total. The first-order valence-electron chi connectivity index (χ1n) is 8.17. The van der Waals surface area contributed by atoms with Gasteiger partial charge in [-0.05, 0) is 61.4 Å². The number of benzene rings is 2. The second-order valence-electron chi connectivity index (χ2n) is 6.00. The van der Waals surface area contributed by atoms with E-state index in [0.29, 0.717) is 0 Å². The molecule has 0 saturated carbocycles. The lowest BCUT2D eigenvalue weighted by Gasteiger charge is -2.16. The molecule has 0 heterocycles. The summed E-state index contributed by atoms with van der Waals surface area (Å²) in [5.41, 5.74) is 9.58. The van der Waals surface area contributed by atoms with Gasteiger partial charge in [0.05, 0.1) is 14.2 Å². The Labute approximate surface area is 139 Å². The van der Waals surface area contributed by atoms with E-state index >= 15 is 0 Å². The average molecular weight is 313 g/mol. The fraction of sp³-hybridized carbons (Fsp3) is 0.400. The van der Waals surface area contributed by atoms with Gasteiger partial charge in [-0.1, -0.05) is 30.3 Å². The second-order valence-corrected chi connectivity index (χ2v) is 6.00. The zero-order valence-electron chi connectivity index (χ0n) is 14.3. The van der Waals surface area contributed by atoms with E-state index in [1.54, 1.807) is 14.2 Å². The van der Waals surface area contributed by atoms with E-state index in [9.17, 15) is 0 Å². The maximum Gasteiger partial charge on any atom is 0.122 e. The molecule has 0 aromatic heterocycles. The Hall–Kier alpha value is -2.00. The Morgan fingerprint density at radius 1 is 0.913 bits per heavy atom. The van der Waals surface area contributed by atoms with Crippen LogP contribution in [0.5, 0.6) is 11.5 Å². The highest BCUT2D eigenvalue weighted by atomic mass is 16.5. The number of hydrogen-bond acceptors (Lipinski definition) is 3. The van der Waals surface area contributed by atoms with Gasteiger partial charge in [0, 0.05) is 6.04 Å². The number of methoxy groups -OCH3 is 2. The van der Waals surface area contributed by atoms with Crippen molar-refractivity contribution < 1.29 is 9.47 Å². The molecule has 0 bridgehead atoms. The molecule has 0 aliphatic carbocycles. The SMILES string of the molecule is COc1cc(C[C@H](C)N)c(OC)cc1CCCc1ccccc1. The van der Waals surface area contributed by atoms with Crippen LogP contribution >= 0.6 is 0 Å². The van der Waals surface area contributed by atoms with Gasteiger partial charge < -0.3 is 15.2 Å². The van der Waals surface area contributed by atoms with Gasteiger partial charge in [0.1, 0.15) is 11.5 Å². The van der Waals surface area contributed by atoms with Gasteiger partial charge >= 0.3 is 0 Å². The summed E-state index contributed by atoms with van der Waals surface area (Å²) in [4.78, 5) is 0. The van der Waals surface area contributed by atoms with Gasteiger partial charge in [0.15, 0.2) is 0 Å². The minimum absolute atomic E-state index is 0.0949. The smallest absolute Gasteiger partial charge is 0.122 e. The average Bonchev–Trinajstić information content (AvgIpc) is 2.56. The van der Waals surface area contributed by atoms with Crippen LogP contribution in [0.25, 0.3) is 0 Å². The Kier molecular flexibility index (Phi) is 6.48. The Bertz CT molecular complexity index is 609. The minimum Gasteiger partial charge on any atom is -0.496 e. The van der Waals surface area contributed by atoms with E-state index in [0.717, 1.165) is 42.7 Å². The Morgan fingerprint density at radius 3 is 2.13 bits per heavy atom. The normalized spacial score (nSPS) is 12.0. The largest absolute Gasteiger partial charge is 0.496 e. The van der Waals surface area contributed by atoms with Crippen LogP contribution in [0.1, 0.15) is 30.0 Å². The summed E-state index contributed by atoms with van der Waals surface area (Å²) < 4.78 is 11.1. The number of hydrogen-bond donors (Lipinski definition) is 1. The van der Waals surface area contributed by atoms with Gasteiger partial charge in [-0.25, -0.2) is 0 Å². The van der Waals surface area contributed by atoms with Crippen molar-refractivity contribution in [3.63, 3.8) is 0 Å². The topological polar surface area (TPSA) is 44.5 Å². The molecule has 0 aliphatic heterocycles. The highest BCUT2D eigenvalue weighted by Gasteiger charge is 2.12. The van der Waals surface area contributed by atoms with Crippen LogP contribution in [0.2, 0.25) is 0 Å². The Balaban J connectivity index is 2.10. The van der Waals surface area contributed by atoms with Gasteiger partial charge in [-0.3, -0.25) is 0 Å². The van der Waals surface area contributed by atoms with Crippen LogP contribution in [0.15, 0.2) is 42.5 Å². The van der Waals surface area contributed by atoms with Crippen molar-refractivity contribution in [2.45, 2.75) is 38.6 Å². The number of ether oxygens (including phenoxy) is 2. The van der Waals surface area contributed by atoms with Gasteiger partial charge in [0.2, 0.25) is 0 Å². The lowest BCUT2D eigenvalue weighted by atomic mass is 9.99. The number of nitrogens with two attached hydrogens (primary N) is 1. The molecular weight excluding hydrogens is 286 g/mol. The van der Waals surface area contributed by atoms with Gasteiger partial charge in [-0.15, -0.1) is 0 Å². The standard InChI is InChI=1S/C20H27NO2/c1-15(21)12-18-14-19(22-2)17(13-20(18)23-3)11-7-10-16-8-5-4-6-9-16/h4-6,8-9,13-15H,7,10-12,21H2,1-3H3/t15-/m0/s1. The van der Waals surface area contributed by atoms with Gasteiger partial charge in [0.25, 0.3) is 0 Å². The fourth-order valence-corrected chi connectivity index (χ4v) is 2.85. The zero-order valence-corrected chi connectivity index (χ0v) is 14.3. The van der Waals surface area contributed by atoms with E-state index in [-0.39, 0.29) is 6.04 Å². The first-order valence-corrected chi connectivity index (χ1v) is 8.17. The second kappa shape index (κ2) is 8.59. The van der Waals surface area contributed by atoms with Crippen molar-refractivity contribution >= 4 is 0 Å². The third-order valence-corrected chi connectivity index (χ3v) is 3.98. The van der Waals surface area contributed by atoms with Crippen molar-refractivity contribution in [3.05, 3.63) is 59.2 Å². The maximum absolute atomic E-state index is 5.93. The summed E-state index contributed by atoms with van der Waals surface area (Å²) in [7, 11) is 3.43. The minimum atomic E-state index is 0.0949.